The summed E-state index contributed by atoms with van der Waals surface area (Å²) in [7, 11) is -1.10. The van der Waals surface area contributed by atoms with Crippen LogP contribution in [0.3, 0.4) is 0 Å². The number of benzene rings is 3. The molecule has 3 aromatic carbocycles. The molecule has 0 heterocycles. The van der Waals surface area contributed by atoms with Crippen molar-refractivity contribution in [2.75, 3.05) is 19.5 Å². The lowest BCUT2D eigenvalue weighted by atomic mass is 10.1. The Labute approximate surface area is 205 Å². The van der Waals surface area contributed by atoms with Gasteiger partial charge in [0.25, 0.3) is 11.8 Å². The lowest BCUT2D eigenvalue weighted by Gasteiger charge is -2.19. The van der Waals surface area contributed by atoms with Crippen LogP contribution in [0.1, 0.15) is 39.1 Å². The highest BCUT2D eigenvalue weighted by atomic mass is 32.2. The third kappa shape index (κ3) is 5.87. The largest absolute Gasteiger partial charge is 0.495 e. The molecule has 4 rings (SSSR count). The van der Waals surface area contributed by atoms with E-state index in [0.717, 1.165) is 18.4 Å². The molecule has 0 aromatic heterocycles. The summed E-state index contributed by atoms with van der Waals surface area (Å²) in [5.41, 5.74) is 1.84. The standard InChI is InChI=1S/C26H27N3O5S/c1-29(17-18-7-4-3-5-8-18)35(32,33)24-16-20(11-14-23(24)34-2)26(31)28-22-10-6-9-19(15-22)25(30)27-21-12-13-21/h3-11,14-16,21H,12-13,17H2,1-2H3,(H,27,30)(H,28,31). The van der Waals surface area contributed by atoms with Crippen LogP contribution in [0.2, 0.25) is 0 Å². The fourth-order valence-electron chi connectivity index (χ4n) is 3.55. The molecule has 2 N–H and O–H groups in total. The van der Waals surface area contributed by atoms with Crippen LogP contribution in [-0.4, -0.2) is 44.7 Å². The first-order chi connectivity index (χ1) is 16.8. The van der Waals surface area contributed by atoms with Gasteiger partial charge in [-0.3, -0.25) is 9.59 Å². The molecule has 0 atom stereocenters. The molecule has 1 aliphatic carbocycles. The molecule has 182 valence electrons. The number of ether oxygens (including phenoxy) is 1. The Balaban J connectivity index is 1.55. The van der Waals surface area contributed by atoms with Crippen molar-refractivity contribution in [3.8, 4) is 5.75 Å². The van der Waals surface area contributed by atoms with Crippen LogP contribution in [0.4, 0.5) is 5.69 Å². The van der Waals surface area contributed by atoms with Gasteiger partial charge in [0.05, 0.1) is 7.11 Å². The number of hydrogen-bond acceptors (Lipinski definition) is 5. The first kappa shape index (κ1) is 24.4. The number of anilines is 1. The Bertz CT molecular complexity index is 1340. The van der Waals surface area contributed by atoms with Gasteiger partial charge in [0.2, 0.25) is 10.0 Å². The topological polar surface area (TPSA) is 105 Å². The summed E-state index contributed by atoms with van der Waals surface area (Å²) in [5, 5.41) is 5.65. The predicted molar refractivity (Wildman–Crippen MR) is 133 cm³/mol. The minimum absolute atomic E-state index is 0.108. The average Bonchev–Trinajstić information content (AvgIpc) is 3.68. The molecule has 0 aliphatic heterocycles. The number of carbonyl (C=O) groups is 2. The molecule has 0 spiro atoms. The molecular weight excluding hydrogens is 466 g/mol. The molecule has 1 fully saturated rings. The Hall–Kier alpha value is -3.69. The molecule has 35 heavy (non-hydrogen) atoms. The van der Waals surface area contributed by atoms with Crippen molar-refractivity contribution in [1.29, 1.82) is 0 Å². The van der Waals surface area contributed by atoms with E-state index in [-0.39, 0.29) is 34.7 Å². The lowest BCUT2D eigenvalue weighted by Crippen LogP contribution is -2.27. The van der Waals surface area contributed by atoms with Crippen molar-refractivity contribution in [2.45, 2.75) is 30.3 Å². The number of nitrogens with one attached hydrogen (secondary N) is 2. The smallest absolute Gasteiger partial charge is 0.255 e. The average molecular weight is 494 g/mol. The highest BCUT2D eigenvalue weighted by molar-refractivity contribution is 7.89. The summed E-state index contributed by atoms with van der Waals surface area (Å²) in [6.45, 7) is 0.165. The van der Waals surface area contributed by atoms with E-state index in [1.807, 2.05) is 30.3 Å². The van der Waals surface area contributed by atoms with Crippen LogP contribution < -0.4 is 15.4 Å². The van der Waals surface area contributed by atoms with Gasteiger partial charge in [-0.1, -0.05) is 36.4 Å². The Morgan fingerprint density at radius 1 is 0.943 bits per heavy atom. The minimum atomic E-state index is -3.96. The number of nitrogens with zero attached hydrogens (tertiary/aromatic N) is 1. The van der Waals surface area contributed by atoms with Crippen molar-refractivity contribution in [3.63, 3.8) is 0 Å². The fourth-order valence-corrected chi connectivity index (χ4v) is 4.89. The molecule has 0 bridgehead atoms. The zero-order valence-corrected chi connectivity index (χ0v) is 20.3. The van der Waals surface area contributed by atoms with Crippen LogP contribution >= 0.6 is 0 Å². The maximum Gasteiger partial charge on any atom is 0.255 e. The highest BCUT2D eigenvalue weighted by Gasteiger charge is 2.27. The predicted octanol–water partition coefficient (Wildman–Crippen LogP) is 3.66. The van der Waals surface area contributed by atoms with Gasteiger partial charge in [-0.25, -0.2) is 8.42 Å². The number of hydrogen-bond donors (Lipinski definition) is 2. The summed E-state index contributed by atoms with van der Waals surface area (Å²) >= 11 is 0. The third-order valence-electron chi connectivity index (χ3n) is 5.66. The Morgan fingerprint density at radius 3 is 2.34 bits per heavy atom. The Morgan fingerprint density at radius 2 is 1.66 bits per heavy atom. The molecule has 3 aromatic rings. The lowest BCUT2D eigenvalue weighted by molar-refractivity contribution is 0.0949. The van der Waals surface area contributed by atoms with Crippen molar-refractivity contribution in [2.24, 2.45) is 0 Å². The quantitative estimate of drug-likeness (QED) is 0.473. The van der Waals surface area contributed by atoms with Gasteiger partial charge >= 0.3 is 0 Å². The van der Waals surface area contributed by atoms with Crippen LogP contribution in [0.25, 0.3) is 0 Å². The molecule has 9 heteroatoms. The maximum absolute atomic E-state index is 13.3. The van der Waals surface area contributed by atoms with Crippen molar-refractivity contribution >= 4 is 27.5 Å². The van der Waals surface area contributed by atoms with Gasteiger partial charge in [0, 0.05) is 36.4 Å². The second-order valence-corrected chi connectivity index (χ2v) is 10.4. The van der Waals surface area contributed by atoms with Gasteiger partial charge in [-0.05, 0) is 54.8 Å². The van der Waals surface area contributed by atoms with Crippen LogP contribution in [0, 0.1) is 0 Å². The second-order valence-electron chi connectivity index (χ2n) is 8.39. The summed E-state index contributed by atoms with van der Waals surface area (Å²) in [4.78, 5) is 25.2. The molecule has 2 amide bonds. The monoisotopic (exact) mass is 493 g/mol. The van der Waals surface area contributed by atoms with Crippen molar-refractivity contribution < 1.29 is 22.7 Å². The Kier molecular flexibility index (Phi) is 7.18. The van der Waals surface area contributed by atoms with E-state index < -0.39 is 15.9 Å². The normalized spacial score (nSPS) is 13.3. The van der Waals surface area contributed by atoms with Gasteiger partial charge in [-0.15, -0.1) is 0 Å². The first-order valence-corrected chi connectivity index (χ1v) is 12.6. The summed E-state index contributed by atoms with van der Waals surface area (Å²) in [6.07, 6.45) is 1.96. The number of carbonyl (C=O) groups excluding carboxylic acids is 2. The number of sulfonamides is 1. The van der Waals surface area contributed by atoms with Crippen molar-refractivity contribution in [1.82, 2.24) is 9.62 Å². The summed E-state index contributed by atoms with van der Waals surface area (Å²) in [5.74, 6) is -0.558. The maximum atomic E-state index is 13.3. The SMILES string of the molecule is COc1ccc(C(=O)Nc2cccc(C(=O)NC3CC3)c2)cc1S(=O)(=O)N(C)Cc1ccccc1. The molecule has 0 radical (unpaired) electrons. The first-order valence-electron chi connectivity index (χ1n) is 11.2. The minimum Gasteiger partial charge on any atom is -0.495 e. The zero-order chi connectivity index (χ0) is 25.0. The molecule has 1 saturated carbocycles. The van der Waals surface area contributed by atoms with E-state index in [9.17, 15) is 18.0 Å². The van der Waals surface area contributed by atoms with Crippen LogP contribution in [0.15, 0.2) is 77.7 Å². The van der Waals surface area contributed by atoms with Gasteiger partial charge in [0.1, 0.15) is 10.6 Å². The van der Waals surface area contributed by atoms with E-state index in [0.29, 0.717) is 11.3 Å². The van der Waals surface area contributed by atoms with E-state index in [1.165, 1.54) is 36.7 Å². The fraction of sp³-hybridized carbons (Fsp3) is 0.231. The van der Waals surface area contributed by atoms with E-state index >= 15 is 0 Å². The van der Waals surface area contributed by atoms with Crippen LogP contribution in [0.5, 0.6) is 5.75 Å². The summed E-state index contributed by atoms with van der Waals surface area (Å²) in [6, 6.07) is 20.3. The molecule has 0 unspecified atom stereocenters. The van der Waals surface area contributed by atoms with Crippen LogP contribution in [-0.2, 0) is 16.6 Å². The molecule has 8 nitrogen and oxygen atoms in total. The third-order valence-corrected chi connectivity index (χ3v) is 7.48. The van der Waals surface area contributed by atoms with E-state index in [1.54, 1.807) is 24.3 Å². The van der Waals surface area contributed by atoms with Gasteiger partial charge in [-0.2, -0.15) is 4.31 Å². The van der Waals surface area contributed by atoms with Gasteiger partial charge in [0.15, 0.2) is 0 Å². The second kappa shape index (κ2) is 10.3. The summed E-state index contributed by atoms with van der Waals surface area (Å²) < 4.78 is 33.2. The van der Waals surface area contributed by atoms with Gasteiger partial charge < -0.3 is 15.4 Å². The zero-order valence-electron chi connectivity index (χ0n) is 19.5. The van der Waals surface area contributed by atoms with E-state index in [2.05, 4.69) is 10.6 Å². The highest BCUT2D eigenvalue weighted by Crippen LogP contribution is 2.29. The molecule has 0 saturated heterocycles. The molecule has 1 aliphatic rings. The number of amides is 2. The van der Waals surface area contributed by atoms with Crippen molar-refractivity contribution in [3.05, 3.63) is 89.5 Å². The molecular formula is C26H27N3O5S. The van der Waals surface area contributed by atoms with E-state index in [4.69, 9.17) is 4.74 Å². The number of methoxy groups -OCH3 is 1. The number of rotatable bonds is 9.